The molecule has 1 saturated carbocycles. The van der Waals surface area contributed by atoms with Crippen LogP contribution in [-0.4, -0.2) is 42.2 Å². The molecule has 10 heteroatoms. The van der Waals surface area contributed by atoms with Crippen LogP contribution >= 0.6 is 0 Å². The number of rotatable bonds is 15. The van der Waals surface area contributed by atoms with Crippen LogP contribution in [0.1, 0.15) is 51.0 Å². The van der Waals surface area contributed by atoms with Crippen LogP contribution in [0.5, 0.6) is 11.5 Å². The van der Waals surface area contributed by atoms with Crippen molar-refractivity contribution in [2.24, 2.45) is 0 Å². The SMILES string of the molecule is CCCCCCc1c(-c2ccc(OC(F)F)c(OC3CC3)c2)[nH]c2cnn(COCC[Si](C)(C)C)c(=O)c12. The Bertz CT molecular complexity index is 1280. The van der Waals surface area contributed by atoms with Crippen LogP contribution in [0.25, 0.3) is 22.2 Å². The third-order valence-corrected chi connectivity index (χ3v) is 8.37. The standard InChI is InChI=1S/C28H39F2N3O4Si/c1-5-6-7-8-9-21-25-22(17-31-33(27(25)34)18-35-14-15-38(2,3)4)32-26(21)19-10-13-23(37-28(29)30)24(16-19)36-20-11-12-20/h10,13,16-17,20,28,32H,5-9,11-12,14-15,18H2,1-4H3. The molecule has 1 N–H and O–H groups in total. The van der Waals surface area contributed by atoms with E-state index in [-0.39, 0.29) is 29.9 Å². The van der Waals surface area contributed by atoms with Gasteiger partial charge in [0.25, 0.3) is 5.56 Å². The zero-order valence-electron chi connectivity index (χ0n) is 22.8. The maximum Gasteiger partial charge on any atom is 0.387 e. The van der Waals surface area contributed by atoms with Gasteiger partial charge in [-0.1, -0.05) is 45.8 Å². The second-order valence-electron chi connectivity index (χ2n) is 11.2. The molecule has 0 saturated heterocycles. The molecule has 0 atom stereocenters. The number of unbranched alkanes of at least 4 members (excludes halogenated alkanes) is 3. The van der Waals surface area contributed by atoms with Crippen LogP contribution in [0.4, 0.5) is 8.78 Å². The van der Waals surface area contributed by atoms with Gasteiger partial charge in [0.05, 0.1) is 28.9 Å². The molecule has 38 heavy (non-hydrogen) atoms. The van der Waals surface area contributed by atoms with Crippen molar-refractivity contribution in [1.29, 1.82) is 0 Å². The first-order valence-electron chi connectivity index (χ1n) is 13.6. The highest BCUT2D eigenvalue weighted by atomic mass is 28.3. The van der Waals surface area contributed by atoms with Gasteiger partial charge in [-0.05, 0) is 55.5 Å². The van der Waals surface area contributed by atoms with Gasteiger partial charge in [-0.25, -0.2) is 4.68 Å². The predicted molar refractivity (Wildman–Crippen MR) is 148 cm³/mol. The van der Waals surface area contributed by atoms with Crippen molar-refractivity contribution in [3.05, 3.63) is 40.3 Å². The summed E-state index contributed by atoms with van der Waals surface area (Å²) < 4.78 is 43.8. The maximum absolute atomic E-state index is 13.6. The van der Waals surface area contributed by atoms with E-state index in [1.165, 1.54) is 10.7 Å². The molecule has 4 rings (SSSR count). The van der Waals surface area contributed by atoms with Crippen molar-refractivity contribution in [1.82, 2.24) is 14.8 Å². The van der Waals surface area contributed by atoms with Gasteiger partial charge in [-0.3, -0.25) is 4.79 Å². The highest BCUT2D eigenvalue weighted by Crippen LogP contribution is 2.39. The van der Waals surface area contributed by atoms with Crippen molar-refractivity contribution in [2.75, 3.05) is 6.61 Å². The van der Waals surface area contributed by atoms with Gasteiger partial charge in [-0.15, -0.1) is 0 Å². The number of alkyl halides is 2. The van der Waals surface area contributed by atoms with Crippen molar-refractivity contribution >= 4 is 19.0 Å². The van der Waals surface area contributed by atoms with E-state index in [0.717, 1.165) is 61.4 Å². The molecule has 0 radical (unpaired) electrons. The zero-order valence-corrected chi connectivity index (χ0v) is 23.8. The summed E-state index contributed by atoms with van der Waals surface area (Å²) in [6, 6.07) is 5.97. The topological polar surface area (TPSA) is 78.4 Å². The van der Waals surface area contributed by atoms with Crippen molar-refractivity contribution in [3.8, 4) is 22.8 Å². The minimum atomic E-state index is -2.94. The van der Waals surface area contributed by atoms with E-state index in [0.29, 0.717) is 23.9 Å². The lowest BCUT2D eigenvalue weighted by molar-refractivity contribution is -0.0516. The first kappa shape index (κ1) is 28.3. The average Bonchev–Trinajstić information content (AvgIpc) is 3.59. The van der Waals surface area contributed by atoms with Gasteiger partial charge < -0.3 is 19.2 Å². The third-order valence-electron chi connectivity index (χ3n) is 6.66. The Labute approximate surface area is 223 Å². The molecule has 0 aliphatic heterocycles. The number of halogens is 2. The molecular formula is C28H39F2N3O4Si. The number of aromatic amines is 1. The van der Waals surface area contributed by atoms with Crippen LogP contribution < -0.4 is 15.0 Å². The van der Waals surface area contributed by atoms with Gasteiger partial charge >= 0.3 is 6.61 Å². The molecule has 2 aromatic heterocycles. The predicted octanol–water partition coefficient (Wildman–Crippen LogP) is 6.97. The number of fused-ring (bicyclic) bond motifs is 1. The second kappa shape index (κ2) is 12.4. The summed E-state index contributed by atoms with van der Waals surface area (Å²) in [4.78, 5) is 16.9. The Morgan fingerprint density at radius 1 is 1.16 bits per heavy atom. The minimum Gasteiger partial charge on any atom is -0.487 e. The molecule has 1 aromatic carbocycles. The molecule has 208 valence electrons. The lowest BCUT2D eigenvalue weighted by Crippen LogP contribution is -2.26. The number of H-pyrrole nitrogens is 1. The first-order chi connectivity index (χ1) is 18.2. The highest BCUT2D eigenvalue weighted by molar-refractivity contribution is 6.76. The average molecular weight is 548 g/mol. The first-order valence-corrected chi connectivity index (χ1v) is 17.3. The van der Waals surface area contributed by atoms with E-state index in [2.05, 4.69) is 36.6 Å². The number of nitrogens with zero attached hydrogens (tertiary/aromatic N) is 2. The van der Waals surface area contributed by atoms with Crippen LogP contribution in [0.15, 0.2) is 29.2 Å². The number of nitrogens with one attached hydrogen (secondary N) is 1. The molecule has 2 heterocycles. The Balaban J connectivity index is 1.70. The minimum absolute atomic E-state index is 0.00995. The van der Waals surface area contributed by atoms with E-state index >= 15 is 0 Å². The second-order valence-corrected chi connectivity index (χ2v) is 16.9. The van der Waals surface area contributed by atoms with Crippen LogP contribution in [-0.2, 0) is 17.9 Å². The van der Waals surface area contributed by atoms with E-state index in [1.807, 2.05) is 0 Å². The number of ether oxygens (including phenoxy) is 3. The summed E-state index contributed by atoms with van der Waals surface area (Å²) >= 11 is 0. The fraction of sp³-hybridized carbons (Fsp3) is 0.571. The number of aryl methyl sites for hydroxylation is 1. The number of aromatic nitrogens is 3. The Morgan fingerprint density at radius 3 is 2.63 bits per heavy atom. The smallest absolute Gasteiger partial charge is 0.387 e. The number of hydrogen-bond donors (Lipinski definition) is 1. The van der Waals surface area contributed by atoms with E-state index in [9.17, 15) is 13.6 Å². The fourth-order valence-electron chi connectivity index (χ4n) is 4.37. The van der Waals surface area contributed by atoms with Gasteiger partial charge in [0, 0.05) is 20.2 Å². The molecule has 0 spiro atoms. The summed E-state index contributed by atoms with van der Waals surface area (Å²) in [6.45, 7) is 6.77. The molecule has 1 aliphatic rings. The van der Waals surface area contributed by atoms with Gasteiger partial charge in [-0.2, -0.15) is 13.9 Å². The molecule has 0 unspecified atom stereocenters. The van der Waals surface area contributed by atoms with Crippen molar-refractivity contribution < 1.29 is 23.0 Å². The van der Waals surface area contributed by atoms with E-state index in [1.54, 1.807) is 18.3 Å². The Kier molecular flexibility index (Phi) is 9.25. The molecular weight excluding hydrogens is 508 g/mol. The van der Waals surface area contributed by atoms with E-state index < -0.39 is 14.7 Å². The number of hydrogen-bond acceptors (Lipinski definition) is 5. The lowest BCUT2D eigenvalue weighted by atomic mass is 10.00. The molecule has 1 fully saturated rings. The summed E-state index contributed by atoms with van der Waals surface area (Å²) in [7, 11) is -1.24. The largest absolute Gasteiger partial charge is 0.487 e. The van der Waals surface area contributed by atoms with Gasteiger partial charge in [0.2, 0.25) is 0 Å². The van der Waals surface area contributed by atoms with E-state index in [4.69, 9.17) is 14.2 Å². The zero-order chi connectivity index (χ0) is 27.3. The van der Waals surface area contributed by atoms with Gasteiger partial charge in [0.1, 0.15) is 6.73 Å². The molecule has 7 nitrogen and oxygen atoms in total. The Morgan fingerprint density at radius 2 is 1.95 bits per heavy atom. The summed E-state index contributed by atoms with van der Waals surface area (Å²) in [5, 5.41) is 4.94. The molecule has 3 aromatic rings. The fourth-order valence-corrected chi connectivity index (χ4v) is 5.13. The Hall–Kier alpha value is -2.72. The third kappa shape index (κ3) is 7.44. The van der Waals surface area contributed by atoms with Crippen LogP contribution in [0, 0.1) is 0 Å². The summed E-state index contributed by atoms with van der Waals surface area (Å²) in [5.41, 5.74) is 2.87. The lowest BCUT2D eigenvalue weighted by Gasteiger charge is -2.15. The normalized spacial score (nSPS) is 14.0. The van der Waals surface area contributed by atoms with Crippen molar-refractivity contribution in [3.63, 3.8) is 0 Å². The van der Waals surface area contributed by atoms with Crippen molar-refractivity contribution in [2.45, 2.75) is 97.0 Å². The summed E-state index contributed by atoms with van der Waals surface area (Å²) in [6.07, 6.45) is 8.37. The number of benzene rings is 1. The molecule has 0 bridgehead atoms. The van der Waals surface area contributed by atoms with Crippen LogP contribution in [0.2, 0.25) is 25.7 Å². The van der Waals surface area contributed by atoms with Gasteiger partial charge in [0.15, 0.2) is 11.5 Å². The summed E-state index contributed by atoms with van der Waals surface area (Å²) in [5.74, 6) is 0.294. The van der Waals surface area contributed by atoms with Crippen LogP contribution in [0.3, 0.4) is 0 Å². The maximum atomic E-state index is 13.6. The molecule has 1 aliphatic carbocycles. The highest BCUT2D eigenvalue weighted by Gasteiger charge is 2.26. The quantitative estimate of drug-likeness (QED) is 0.164. The molecule has 0 amide bonds. The monoisotopic (exact) mass is 547 g/mol.